The van der Waals surface area contributed by atoms with Gasteiger partial charge in [-0.15, -0.1) is 0 Å². The Balaban J connectivity index is 2.11. The highest BCUT2D eigenvalue weighted by Crippen LogP contribution is 2.32. The van der Waals surface area contributed by atoms with Crippen LogP contribution in [0, 0.1) is 6.92 Å². The van der Waals surface area contributed by atoms with Crippen molar-refractivity contribution in [2.24, 2.45) is 0 Å². The van der Waals surface area contributed by atoms with Crippen molar-refractivity contribution >= 4 is 10.0 Å². The van der Waals surface area contributed by atoms with Gasteiger partial charge in [0.15, 0.2) is 17.3 Å². The van der Waals surface area contributed by atoms with Crippen molar-refractivity contribution in [2.45, 2.75) is 11.8 Å². The molecule has 6 nitrogen and oxygen atoms in total. The summed E-state index contributed by atoms with van der Waals surface area (Å²) in [5, 5.41) is 0. The minimum absolute atomic E-state index is 0.206. The van der Waals surface area contributed by atoms with Gasteiger partial charge in [-0.2, -0.15) is 0 Å². The molecule has 0 aliphatic heterocycles. The summed E-state index contributed by atoms with van der Waals surface area (Å²) in [6.45, 7) is 1.91. The molecule has 0 amide bonds. The number of hydrogen-bond donors (Lipinski definition) is 0. The molecule has 25 heavy (non-hydrogen) atoms. The Hall–Kier alpha value is -2.80. The maximum absolute atomic E-state index is 12.9. The van der Waals surface area contributed by atoms with Gasteiger partial charge in [0.2, 0.25) is 0 Å². The zero-order valence-electron chi connectivity index (χ0n) is 14.1. The van der Waals surface area contributed by atoms with Gasteiger partial charge >= 0.3 is 0 Å². The second-order valence-corrected chi connectivity index (χ2v) is 7.25. The van der Waals surface area contributed by atoms with E-state index in [9.17, 15) is 8.42 Å². The lowest BCUT2D eigenvalue weighted by Gasteiger charge is -2.12. The molecule has 7 heteroatoms. The quantitative estimate of drug-likeness (QED) is 0.701. The summed E-state index contributed by atoms with van der Waals surface area (Å²) in [6, 6.07) is 11.9. The molecule has 1 heterocycles. The summed E-state index contributed by atoms with van der Waals surface area (Å²) < 4.78 is 37.6. The Morgan fingerprint density at radius 1 is 0.960 bits per heavy atom. The summed E-state index contributed by atoms with van der Waals surface area (Å²) in [5.74, 6) is 1.37. The van der Waals surface area contributed by atoms with Crippen molar-refractivity contribution in [3.8, 4) is 22.9 Å². The zero-order chi connectivity index (χ0) is 18.0. The van der Waals surface area contributed by atoms with E-state index in [-0.39, 0.29) is 4.90 Å². The fourth-order valence-corrected chi connectivity index (χ4v) is 3.79. The normalized spacial score (nSPS) is 11.3. The average molecular weight is 358 g/mol. The largest absolute Gasteiger partial charge is 0.493 e. The predicted octanol–water partition coefficient (Wildman–Crippen LogP) is 3.11. The number of aryl methyl sites for hydroxylation is 1. The van der Waals surface area contributed by atoms with E-state index in [4.69, 9.17) is 9.47 Å². The number of aromatic nitrogens is 2. The fourth-order valence-electron chi connectivity index (χ4n) is 2.49. The summed E-state index contributed by atoms with van der Waals surface area (Å²) >= 11 is 0. The topological polar surface area (TPSA) is 70.4 Å². The molecule has 0 aliphatic rings. The average Bonchev–Trinajstić information content (AvgIpc) is 3.12. The van der Waals surface area contributed by atoms with Crippen LogP contribution < -0.4 is 9.47 Å². The van der Waals surface area contributed by atoms with Crippen LogP contribution in [0.2, 0.25) is 0 Å². The fraction of sp³-hybridized carbons (Fsp3) is 0.167. The van der Waals surface area contributed by atoms with Crippen LogP contribution in [-0.2, 0) is 10.0 Å². The van der Waals surface area contributed by atoms with Gasteiger partial charge in [0.25, 0.3) is 10.0 Å². The highest BCUT2D eigenvalue weighted by molar-refractivity contribution is 7.90. The molecule has 0 spiro atoms. The van der Waals surface area contributed by atoms with Gasteiger partial charge in [-0.3, -0.25) is 0 Å². The Morgan fingerprint density at radius 3 is 2.28 bits per heavy atom. The second-order valence-electron chi connectivity index (χ2n) is 5.43. The Kier molecular flexibility index (Phi) is 4.50. The minimum Gasteiger partial charge on any atom is -0.493 e. The van der Waals surface area contributed by atoms with Gasteiger partial charge in [-0.05, 0) is 37.3 Å². The van der Waals surface area contributed by atoms with Crippen LogP contribution in [0.15, 0.2) is 59.8 Å². The van der Waals surface area contributed by atoms with Crippen molar-refractivity contribution in [3.05, 3.63) is 60.4 Å². The number of benzene rings is 2. The Bertz CT molecular complexity index is 992. The number of nitrogens with zero attached hydrogens (tertiary/aromatic N) is 2. The minimum atomic E-state index is -3.74. The smallest absolute Gasteiger partial charge is 0.269 e. The standard InChI is InChI=1S/C18H18N2O4S/c1-13-4-7-15(8-5-13)25(21,22)20-11-10-19-18(20)14-6-9-16(23-2)17(12-14)24-3/h4-12H,1-3H3. The predicted molar refractivity (Wildman–Crippen MR) is 94.5 cm³/mol. The number of methoxy groups -OCH3 is 2. The highest BCUT2D eigenvalue weighted by atomic mass is 32.2. The monoisotopic (exact) mass is 358 g/mol. The van der Waals surface area contributed by atoms with Gasteiger partial charge in [-0.25, -0.2) is 17.4 Å². The number of rotatable bonds is 5. The van der Waals surface area contributed by atoms with E-state index in [1.54, 1.807) is 49.6 Å². The third kappa shape index (κ3) is 3.10. The van der Waals surface area contributed by atoms with E-state index in [1.165, 1.54) is 23.5 Å². The number of imidazole rings is 1. The lowest BCUT2D eigenvalue weighted by molar-refractivity contribution is 0.355. The van der Waals surface area contributed by atoms with Crippen LogP contribution in [0.5, 0.6) is 11.5 Å². The van der Waals surface area contributed by atoms with E-state index < -0.39 is 10.0 Å². The second kappa shape index (κ2) is 6.60. The van der Waals surface area contributed by atoms with Crippen molar-refractivity contribution in [3.63, 3.8) is 0 Å². The van der Waals surface area contributed by atoms with Crippen molar-refractivity contribution < 1.29 is 17.9 Å². The first-order valence-corrected chi connectivity index (χ1v) is 8.99. The van der Waals surface area contributed by atoms with Crippen molar-refractivity contribution in [1.29, 1.82) is 0 Å². The summed E-state index contributed by atoms with van der Waals surface area (Å²) in [5.41, 5.74) is 1.60. The zero-order valence-corrected chi connectivity index (χ0v) is 14.9. The van der Waals surface area contributed by atoms with E-state index in [2.05, 4.69) is 4.98 Å². The molecule has 0 unspecified atom stereocenters. The van der Waals surface area contributed by atoms with Crippen molar-refractivity contribution in [2.75, 3.05) is 14.2 Å². The summed E-state index contributed by atoms with van der Waals surface area (Å²) in [4.78, 5) is 4.42. The molecule has 0 aliphatic carbocycles. The first kappa shape index (κ1) is 17.0. The molecule has 3 aromatic rings. The van der Waals surface area contributed by atoms with E-state index in [0.717, 1.165) is 5.56 Å². The van der Waals surface area contributed by atoms with E-state index in [1.807, 2.05) is 6.92 Å². The van der Waals surface area contributed by atoms with Gasteiger partial charge in [0, 0.05) is 18.0 Å². The summed E-state index contributed by atoms with van der Waals surface area (Å²) in [6.07, 6.45) is 2.89. The van der Waals surface area contributed by atoms with Crippen LogP contribution in [0.1, 0.15) is 5.56 Å². The molecule has 0 saturated heterocycles. The molecule has 2 aromatic carbocycles. The summed E-state index contributed by atoms with van der Waals surface area (Å²) in [7, 11) is -0.677. The molecular formula is C18H18N2O4S. The van der Waals surface area contributed by atoms with Gasteiger partial charge in [-0.1, -0.05) is 17.7 Å². The number of hydrogen-bond acceptors (Lipinski definition) is 5. The van der Waals surface area contributed by atoms with Crippen LogP contribution in [0.3, 0.4) is 0 Å². The lowest BCUT2D eigenvalue weighted by Crippen LogP contribution is -2.13. The molecule has 0 bridgehead atoms. The van der Waals surface area contributed by atoms with Crippen LogP contribution >= 0.6 is 0 Å². The maximum atomic E-state index is 12.9. The Morgan fingerprint density at radius 2 is 1.64 bits per heavy atom. The first-order chi connectivity index (χ1) is 12.0. The van der Waals surface area contributed by atoms with E-state index in [0.29, 0.717) is 22.9 Å². The SMILES string of the molecule is COc1ccc(-c2nccn2S(=O)(=O)c2ccc(C)cc2)cc1OC. The molecule has 130 valence electrons. The molecular weight excluding hydrogens is 340 g/mol. The Labute approximate surface area is 146 Å². The molecule has 3 rings (SSSR count). The first-order valence-electron chi connectivity index (χ1n) is 7.55. The third-order valence-corrected chi connectivity index (χ3v) is 5.51. The molecule has 0 fully saturated rings. The molecule has 0 radical (unpaired) electrons. The molecule has 0 atom stereocenters. The van der Waals surface area contributed by atoms with Crippen LogP contribution in [0.25, 0.3) is 11.4 Å². The molecule has 0 saturated carbocycles. The van der Waals surface area contributed by atoms with Crippen LogP contribution in [-0.4, -0.2) is 31.6 Å². The number of ether oxygens (including phenoxy) is 2. The van der Waals surface area contributed by atoms with Gasteiger partial charge in [0.05, 0.1) is 19.1 Å². The third-order valence-electron chi connectivity index (χ3n) is 3.83. The lowest BCUT2D eigenvalue weighted by atomic mass is 10.2. The van der Waals surface area contributed by atoms with E-state index >= 15 is 0 Å². The van der Waals surface area contributed by atoms with Gasteiger partial charge in [0.1, 0.15) is 0 Å². The molecule has 1 aromatic heterocycles. The molecule has 0 N–H and O–H groups in total. The van der Waals surface area contributed by atoms with Crippen molar-refractivity contribution in [1.82, 2.24) is 8.96 Å². The maximum Gasteiger partial charge on any atom is 0.269 e. The highest BCUT2D eigenvalue weighted by Gasteiger charge is 2.21. The van der Waals surface area contributed by atoms with Gasteiger partial charge < -0.3 is 9.47 Å². The van der Waals surface area contributed by atoms with Crippen LogP contribution in [0.4, 0.5) is 0 Å².